The van der Waals surface area contributed by atoms with E-state index in [1.54, 1.807) is 0 Å². The van der Waals surface area contributed by atoms with E-state index in [1.807, 2.05) is 78.9 Å². The number of para-hydroxylation sites is 3. The first kappa shape index (κ1) is 31.5. The third-order valence-electron chi connectivity index (χ3n) is 11.1. The molecule has 0 unspecified atom stereocenters. The molecular formula is C51H30N4O2. The van der Waals surface area contributed by atoms with E-state index in [1.165, 1.54) is 16.3 Å². The normalized spacial score (nSPS) is 11.9. The van der Waals surface area contributed by atoms with Crippen molar-refractivity contribution in [1.82, 2.24) is 19.5 Å². The highest BCUT2D eigenvalue weighted by Gasteiger charge is 2.19. The van der Waals surface area contributed by atoms with Gasteiger partial charge in [-0.15, -0.1) is 0 Å². The van der Waals surface area contributed by atoms with Crippen molar-refractivity contribution >= 4 is 65.7 Å². The summed E-state index contributed by atoms with van der Waals surface area (Å²) in [6.07, 6.45) is 0. The summed E-state index contributed by atoms with van der Waals surface area (Å²) < 4.78 is 15.0. The van der Waals surface area contributed by atoms with Crippen LogP contribution in [0.2, 0.25) is 0 Å². The average Bonchev–Trinajstić information content (AvgIpc) is 3.95. The summed E-state index contributed by atoms with van der Waals surface area (Å²) in [7, 11) is 0. The second-order valence-corrected chi connectivity index (χ2v) is 14.4. The van der Waals surface area contributed by atoms with Gasteiger partial charge >= 0.3 is 0 Å². The third kappa shape index (κ3) is 5.01. The fourth-order valence-electron chi connectivity index (χ4n) is 8.42. The summed E-state index contributed by atoms with van der Waals surface area (Å²) in [6.45, 7) is 0. The number of aromatic nitrogens is 4. The first-order valence-corrected chi connectivity index (χ1v) is 19.0. The molecule has 0 amide bonds. The van der Waals surface area contributed by atoms with Gasteiger partial charge in [0.25, 0.3) is 0 Å². The highest BCUT2D eigenvalue weighted by Crippen LogP contribution is 2.41. The number of rotatable bonds is 5. The van der Waals surface area contributed by atoms with E-state index in [-0.39, 0.29) is 0 Å². The monoisotopic (exact) mass is 730 g/mol. The number of benzene rings is 8. The van der Waals surface area contributed by atoms with Crippen LogP contribution in [0.25, 0.3) is 117 Å². The number of fused-ring (bicyclic) bond motifs is 9. The molecule has 12 rings (SSSR count). The van der Waals surface area contributed by atoms with Crippen LogP contribution < -0.4 is 0 Å². The van der Waals surface area contributed by atoms with Crippen LogP contribution in [-0.2, 0) is 0 Å². The van der Waals surface area contributed by atoms with Crippen molar-refractivity contribution in [2.24, 2.45) is 0 Å². The lowest BCUT2D eigenvalue weighted by Gasteiger charge is -2.09. The van der Waals surface area contributed by atoms with Crippen LogP contribution in [0.4, 0.5) is 0 Å². The van der Waals surface area contributed by atoms with E-state index in [9.17, 15) is 0 Å². The summed E-state index contributed by atoms with van der Waals surface area (Å²) in [5.74, 6) is 1.78. The topological polar surface area (TPSA) is 69.9 Å². The minimum absolute atomic E-state index is 0.583. The summed E-state index contributed by atoms with van der Waals surface area (Å²) in [6, 6.07) is 62.8. The molecule has 0 radical (unpaired) electrons. The lowest BCUT2D eigenvalue weighted by atomic mass is 9.97. The van der Waals surface area contributed by atoms with Gasteiger partial charge in [-0.3, -0.25) is 0 Å². The zero-order valence-corrected chi connectivity index (χ0v) is 30.4. The van der Waals surface area contributed by atoms with E-state index in [2.05, 4.69) is 108 Å². The highest BCUT2D eigenvalue weighted by molar-refractivity contribution is 6.15. The summed E-state index contributed by atoms with van der Waals surface area (Å²) in [4.78, 5) is 15.2. The Kier molecular flexibility index (Phi) is 6.83. The van der Waals surface area contributed by atoms with Crippen molar-refractivity contribution in [1.29, 1.82) is 0 Å². The first-order chi connectivity index (χ1) is 28.2. The van der Waals surface area contributed by atoms with E-state index in [4.69, 9.17) is 23.8 Å². The Hall–Kier alpha value is -7.83. The van der Waals surface area contributed by atoms with Crippen molar-refractivity contribution in [3.05, 3.63) is 182 Å². The Morgan fingerprint density at radius 1 is 0.333 bits per heavy atom. The van der Waals surface area contributed by atoms with Gasteiger partial charge in [0, 0.05) is 54.7 Å². The Morgan fingerprint density at radius 3 is 1.67 bits per heavy atom. The molecule has 0 aliphatic carbocycles. The Balaban J connectivity index is 1.04. The Labute approximate surface area is 325 Å². The summed E-state index contributed by atoms with van der Waals surface area (Å²) >= 11 is 0. The molecule has 0 spiro atoms. The smallest absolute Gasteiger partial charge is 0.164 e. The third-order valence-corrected chi connectivity index (χ3v) is 11.1. The second-order valence-electron chi connectivity index (χ2n) is 14.4. The standard InChI is InChI=1S/C51H30N4O2/c1-3-12-31(13-4-1)49-52-50(33-23-26-45-40(29-33)38-17-8-10-20-44(38)56-45)54-51(53-49)34-24-27-46-41(30-34)48-36(18-11-21-47(48)57-46)32-22-25-43-39(28-32)37-16-7-9-19-42(37)55(43)35-14-5-2-6-15-35/h1-30H. The number of furan rings is 2. The van der Waals surface area contributed by atoms with Crippen molar-refractivity contribution in [2.45, 2.75) is 0 Å². The van der Waals surface area contributed by atoms with Gasteiger partial charge in [-0.25, -0.2) is 15.0 Å². The molecule has 0 aliphatic heterocycles. The van der Waals surface area contributed by atoms with Crippen LogP contribution in [-0.4, -0.2) is 19.5 Å². The molecule has 0 N–H and O–H groups in total. The van der Waals surface area contributed by atoms with E-state index in [0.29, 0.717) is 17.5 Å². The quantitative estimate of drug-likeness (QED) is 0.176. The van der Waals surface area contributed by atoms with Gasteiger partial charge in [-0.1, -0.05) is 103 Å². The van der Waals surface area contributed by atoms with Gasteiger partial charge < -0.3 is 13.4 Å². The predicted octanol–water partition coefficient (Wildman–Crippen LogP) is 13.4. The van der Waals surface area contributed by atoms with E-state index in [0.717, 1.165) is 82.9 Å². The van der Waals surface area contributed by atoms with Gasteiger partial charge in [0.05, 0.1) is 11.0 Å². The maximum absolute atomic E-state index is 6.51. The molecule has 0 saturated carbocycles. The molecule has 0 aliphatic rings. The van der Waals surface area contributed by atoms with Gasteiger partial charge in [-0.05, 0) is 90.0 Å². The van der Waals surface area contributed by atoms with Gasteiger partial charge in [0.1, 0.15) is 22.3 Å². The molecule has 6 heteroatoms. The molecule has 0 fully saturated rings. The maximum atomic E-state index is 6.51. The molecule has 0 bridgehead atoms. The fraction of sp³-hybridized carbons (Fsp3) is 0. The fourth-order valence-corrected chi connectivity index (χ4v) is 8.42. The van der Waals surface area contributed by atoms with Gasteiger partial charge in [0.15, 0.2) is 17.5 Å². The van der Waals surface area contributed by atoms with Crippen LogP contribution >= 0.6 is 0 Å². The lowest BCUT2D eigenvalue weighted by Crippen LogP contribution is -2.00. The molecule has 4 aromatic heterocycles. The molecule has 4 heterocycles. The average molecular weight is 731 g/mol. The highest BCUT2D eigenvalue weighted by atomic mass is 16.3. The molecule has 0 atom stereocenters. The Bertz CT molecular complexity index is 3530. The largest absolute Gasteiger partial charge is 0.456 e. The number of nitrogens with zero attached hydrogens (tertiary/aromatic N) is 4. The molecule has 12 aromatic rings. The van der Waals surface area contributed by atoms with Gasteiger partial charge in [0.2, 0.25) is 0 Å². The second kappa shape index (κ2) is 12.3. The minimum Gasteiger partial charge on any atom is -0.456 e. The molecule has 266 valence electrons. The van der Waals surface area contributed by atoms with Gasteiger partial charge in [-0.2, -0.15) is 0 Å². The van der Waals surface area contributed by atoms with E-state index < -0.39 is 0 Å². The van der Waals surface area contributed by atoms with Crippen LogP contribution in [0.3, 0.4) is 0 Å². The Morgan fingerprint density at radius 2 is 0.877 bits per heavy atom. The van der Waals surface area contributed by atoms with E-state index >= 15 is 0 Å². The molecular weight excluding hydrogens is 701 g/mol. The molecule has 57 heavy (non-hydrogen) atoms. The number of hydrogen-bond donors (Lipinski definition) is 0. The molecule has 8 aromatic carbocycles. The van der Waals surface area contributed by atoms with Crippen molar-refractivity contribution in [3.63, 3.8) is 0 Å². The van der Waals surface area contributed by atoms with Crippen molar-refractivity contribution < 1.29 is 8.83 Å². The summed E-state index contributed by atoms with van der Waals surface area (Å²) in [5, 5.41) is 6.54. The zero-order valence-electron chi connectivity index (χ0n) is 30.4. The SMILES string of the molecule is c1ccc(-c2nc(-c3ccc4oc5ccccc5c4c3)nc(-c3ccc4oc5cccc(-c6ccc7c(c6)c6ccccc6n7-c6ccccc6)c5c4c3)n2)cc1. The summed E-state index contributed by atoms with van der Waals surface area (Å²) in [5.41, 5.74) is 11.7. The van der Waals surface area contributed by atoms with Crippen LogP contribution in [0, 0.1) is 0 Å². The minimum atomic E-state index is 0.583. The first-order valence-electron chi connectivity index (χ1n) is 19.0. The lowest BCUT2D eigenvalue weighted by molar-refractivity contribution is 0.668. The zero-order chi connectivity index (χ0) is 37.5. The molecule has 0 saturated heterocycles. The van der Waals surface area contributed by atoms with Crippen LogP contribution in [0.5, 0.6) is 0 Å². The number of hydrogen-bond acceptors (Lipinski definition) is 5. The maximum Gasteiger partial charge on any atom is 0.164 e. The van der Waals surface area contributed by atoms with Crippen molar-refractivity contribution in [2.75, 3.05) is 0 Å². The predicted molar refractivity (Wildman–Crippen MR) is 230 cm³/mol. The molecule has 6 nitrogen and oxygen atoms in total. The van der Waals surface area contributed by atoms with Crippen LogP contribution in [0.15, 0.2) is 191 Å². The van der Waals surface area contributed by atoms with Crippen LogP contribution in [0.1, 0.15) is 0 Å². The van der Waals surface area contributed by atoms with Crippen molar-refractivity contribution in [3.8, 4) is 51.0 Å².